The molecule has 0 aliphatic carbocycles. The summed E-state index contributed by atoms with van der Waals surface area (Å²) in [4.78, 5) is 18.8. The van der Waals surface area contributed by atoms with E-state index in [1.165, 1.54) is 13.3 Å². The molecule has 0 spiro atoms. The van der Waals surface area contributed by atoms with Gasteiger partial charge in [0.25, 0.3) is 0 Å². The van der Waals surface area contributed by atoms with Gasteiger partial charge in [0.1, 0.15) is 5.82 Å². The molecule has 0 saturated heterocycles. The van der Waals surface area contributed by atoms with Gasteiger partial charge in [-0.25, -0.2) is 14.8 Å². The Labute approximate surface area is 93.7 Å². The molecule has 0 saturated carbocycles. The maximum Gasteiger partial charge on any atom is 0.376 e. The maximum atomic E-state index is 11.1. The van der Waals surface area contributed by atoms with Crippen molar-refractivity contribution in [3.8, 4) is 0 Å². The molecule has 1 unspecified atom stereocenters. The Morgan fingerprint density at radius 1 is 1.69 bits per heavy atom. The van der Waals surface area contributed by atoms with Crippen molar-refractivity contribution in [1.29, 1.82) is 0 Å². The first-order valence-corrected chi connectivity index (χ1v) is 5.00. The van der Waals surface area contributed by atoms with E-state index in [0.717, 1.165) is 0 Å². The van der Waals surface area contributed by atoms with E-state index in [4.69, 9.17) is 0 Å². The van der Waals surface area contributed by atoms with E-state index in [1.54, 1.807) is 6.07 Å². The van der Waals surface area contributed by atoms with Crippen LogP contribution in [0, 0.1) is 0 Å². The van der Waals surface area contributed by atoms with Gasteiger partial charge < -0.3 is 15.2 Å². The monoisotopic (exact) mass is 225 g/mol. The zero-order chi connectivity index (χ0) is 12.0. The molecule has 0 aliphatic rings. The van der Waals surface area contributed by atoms with Crippen molar-refractivity contribution in [2.75, 3.05) is 19.0 Å². The second-order valence-electron chi connectivity index (χ2n) is 3.20. The van der Waals surface area contributed by atoms with Crippen molar-refractivity contribution >= 4 is 11.8 Å². The molecule has 1 atom stereocenters. The highest BCUT2D eigenvalue weighted by Gasteiger charge is 2.09. The lowest BCUT2D eigenvalue weighted by atomic mass is 10.3. The van der Waals surface area contributed by atoms with Gasteiger partial charge in [0.2, 0.25) is 5.82 Å². The van der Waals surface area contributed by atoms with Crippen molar-refractivity contribution in [3.05, 3.63) is 18.1 Å². The number of methoxy groups -OCH3 is 1. The molecule has 16 heavy (non-hydrogen) atoms. The quantitative estimate of drug-likeness (QED) is 0.708. The Kier molecular flexibility index (Phi) is 4.65. The first kappa shape index (κ1) is 12.4. The summed E-state index contributed by atoms with van der Waals surface area (Å²) in [5, 5.41) is 12.3. The molecule has 0 bridgehead atoms. The summed E-state index contributed by atoms with van der Waals surface area (Å²) in [5.41, 5.74) is 0. The Morgan fingerprint density at radius 3 is 3.06 bits per heavy atom. The van der Waals surface area contributed by atoms with Crippen LogP contribution in [0.25, 0.3) is 0 Å². The van der Waals surface area contributed by atoms with Crippen molar-refractivity contribution in [2.24, 2.45) is 0 Å². The van der Waals surface area contributed by atoms with Gasteiger partial charge in [0.15, 0.2) is 0 Å². The molecule has 1 aromatic rings. The third-order valence-corrected chi connectivity index (χ3v) is 2.01. The molecule has 1 aromatic heterocycles. The topological polar surface area (TPSA) is 84.3 Å². The number of nitrogens with one attached hydrogen (secondary N) is 1. The summed E-state index contributed by atoms with van der Waals surface area (Å²) in [5.74, 6) is -0.0962. The fourth-order valence-corrected chi connectivity index (χ4v) is 1.01. The molecule has 6 nitrogen and oxygen atoms in total. The van der Waals surface area contributed by atoms with Gasteiger partial charge in [0.05, 0.1) is 13.2 Å². The Hall–Kier alpha value is -1.69. The molecular weight excluding hydrogens is 210 g/mol. The SMILES string of the molecule is CCC(O)CNc1ccnc(C(=O)OC)n1. The molecule has 1 rings (SSSR count). The highest BCUT2D eigenvalue weighted by atomic mass is 16.5. The molecular formula is C10H15N3O3. The van der Waals surface area contributed by atoms with E-state index < -0.39 is 12.1 Å². The summed E-state index contributed by atoms with van der Waals surface area (Å²) in [7, 11) is 1.27. The predicted molar refractivity (Wildman–Crippen MR) is 58.2 cm³/mol. The minimum absolute atomic E-state index is 0.00140. The molecule has 1 heterocycles. The molecule has 6 heteroatoms. The Bertz CT molecular complexity index is 357. The van der Waals surface area contributed by atoms with E-state index in [-0.39, 0.29) is 5.82 Å². The number of nitrogens with zero attached hydrogens (tertiary/aromatic N) is 2. The van der Waals surface area contributed by atoms with Crippen LogP contribution in [0.5, 0.6) is 0 Å². The number of hydrogen-bond donors (Lipinski definition) is 2. The molecule has 88 valence electrons. The van der Waals surface area contributed by atoms with Crippen LogP contribution in [0.1, 0.15) is 24.0 Å². The first-order valence-electron chi connectivity index (χ1n) is 5.00. The number of esters is 1. The van der Waals surface area contributed by atoms with Crippen LogP contribution in [0.4, 0.5) is 5.82 Å². The Balaban J connectivity index is 2.64. The normalized spacial score (nSPS) is 11.9. The highest BCUT2D eigenvalue weighted by Crippen LogP contribution is 2.03. The van der Waals surface area contributed by atoms with Crippen LogP contribution in [-0.4, -0.2) is 40.8 Å². The van der Waals surface area contributed by atoms with Crippen molar-refractivity contribution < 1.29 is 14.6 Å². The second kappa shape index (κ2) is 6.02. The first-order chi connectivity index (χ1) is 7.67. The number of aliphatic hydroxyl groups excluding tert-OH is 1. The van der Waals surface area contributed by atoms with Crippen LogP contribution in [0.15, 0.2) is 12.3 Å². The van der Waals surface area contributed by atoms with E-state index in [9.17, 15) is 9.90 Å². The molecule has 0 aliphatic heterocycles. The standard InChI is InChI=1S/C10H15N3O3/c1-3-7(14)6-12-8-4-5-11-9(13-8)10(15)16-2/h4-5,7,14H,3,6H2,1-2H3,(H,11,12,13). The largest absolute Gasteiger partial charge is 0.463 e. The summed E-state index contributed by atoms with van der Waals surface area (Å²) >= 11 is 0. The zero-order valence-corrected chi connectivity index (χ0v) is 9.30. The number of aromatic nitrogens is 2. The number of anilines is 1. The average molecular weight is 225 g/mol. The van der Waals surface area contributed by atoms with Crippen molar-refractivity contribution in [2.45, 2.75) is 19.4 Å². The van der Waals surface area contributed by atoms with Crippen LogP contribution >= 0.6 is 0 Å². The number of hydrogen-bond acceptors (Lipinski definition) is 6. The highest BCUT2D eigenvalue weighted by molar-refractivity contribution is 5.85. The van der Waals surface area contributed by atoms with Gasteiger partial charge in [-0.2, -0.15) is 0 Å². The van der Waals surface area contributed by atoms with Gasteiger partial charge in [0, 0.05) is 12.7 Å². The van der Waals surface area contributed by atoms with Gasteiger partial charge in [-0.05, 0) is 12.5 Å². The van der Waals surface area contributed by atoms with Crippen LogP contribution in [0.3, 0.4) is 0 Å². The van der Waals surface area contributed by atoms with Crippen LogP contribution in [0.2, 0.25) is 0 Å². The van der Waals surface area contributed by atoms with Gasteiger partial charge in [-0.15, -0.1) is 0 Å². The van der Waals surface area contributed by atoms with E-state index in [2.05, 4.69) is 20.0 Å². The lowest BCUT2D eigenvalue weighted by molar-refractivity contribution is 0.0587. The summed E-state index contributed by atoms with van der Waals surface area (Å²) in [6, 6.07) is 1.62. The molecule has 0 amide bonds. The van der Waals surface area contributed by atoms with Crippen LogP contribution in [-0.2, 0) is 4.74 Å². The van der Waals surface area contributed by atoms with Gasteiger partial charge in [-0.1, -0.05) is 6.92 Å². The van der Waals surface area contributed by atoms with Crippen molar-refractivity contribution in [3.63, 3.8) is 0 Å². The fourth-order valence-electron chi connectivity index (χ4n) is 1.01. The second-order valence-corrected chi connectivity index (χ2v) is 3.20. The summed E-state index contributed by atoms with van der Waals surface area (Å²) in [6.45, 7) is 2.26. The molecule has 2 N–H and O–H groups in total. The Morgan fingerprint density at radius 2 is 2.44 bits per heavy atom. The lowest BCUT2D eigenvalue weighted by Gasteiger charge is -2.09. The third kappa shape index (κ3) is 3.47. The summed E-state index contributed by atoms with van der Waals surface area (Å²) < 4.78 is 4.50. The van der Waals surface area contributed by atoms with Crippen molar-refractivity contribution in [1.82, 2.24) is 9.97 Å². The molecule has 0 radical (unpaired) electrons. The van der Waals surface area contributed by atoms with Gasteiger partial charge >= 0.3 is 5.97 Å². The minimum atomic E-state index is -0.584. The minimum Gasteiger partial charge on any atom is -0.463 e. The van der Waals surface area contributed by atoms with E-state index in [0.29, 0.717) is 18.8 Å². The third-order valence-electron chi connectivity index (χ3n) is 2.01. The van der Waals surface area contributed by atoms with Crippen LogP contribution < -0.4 is 5.32 Å². The molecule has 0 aromatic carbocycles. The maximum absolute atomic E-state index is 11.1. The number of aliphatic hydroxyl groups is 1. The van der Waals surface area contributed by atoms with E-state index >= 15 is 0 Å². The van der Waals surface area contributed by atoms with E-state index in [1.807, 2.05) is 6.92 Å². The zero-order valence-electron chi connectivity index (χ0n) is 9.30. The lowest BCUT2D eigenvalue weighted by Crippen LogP contribution is -2.19. The number of rotatable bonds is 5. The smallest absolute Gasteiger partial charge is 0.376 e. The average Bonchev–Trinajstić information content (AvgIpc) is 2.35. The fraction of sp³-hybridized carbons (Fsp3) is 0.500. The molecule has 0 fully saturated rings. The number of carbonyl (C=O) groups excluding carboxylic acids is 1. The summed E-state index contributed by atoms with van der Waals surface area (Å²) in [6.07, 6.45) is 1.68. The van der Waals surface area contributed by atoms with Gasteiger partial charge in [-0.3, -0.25) is 0 Å². The number of carbonyl (C=O) groups is 1. The number of ether oxygens (including phenoxy) is 1. The predicted octanol–water partition coefficient (Wildman–Crippen LogP) is 0.446.